The van der Waals surface area contributed by atoms with Crippen molar-refractivity contribution in [1.29, 1.82) is 0 Å². The third-order valence-electron chi connectivity index (χ3n) is 7.69. The number of ether oxygens (including phenoxy) is 1. The first-order chi connectivity index (χ1) is 18.8. The average molecular weight is 577 g/mol. The van der Waals surface area contributed by atoms with Crippen LogP contribution >= 0.6 is 23.2 Å². The Morgan fingerprint density at radius 1 is 1.05 bits per heavy atom. The number of piperidine rings is 1. The van der Waals surface area contributed by atoms with Crippen molar-refractivity contribution >= 4 is 35.0 Å². The lowest BCUT2D eigenvalue weighted by atomic mass is 9.93. The van der Waals surface area contributed by atoms with Crippen LogP contribution in [0.1, 0.15) is 67.3 Å². The molecular weight excluding hydrogens is 533 g/mol. The number of halogens is 2. The van der Waals surface area contributed by atoms with Crippen LogP contribution in [0.5, 0.6) is 0 Å². The van der Waals surface area contributed by atoms with Gasteiger partial charge in [0.1, 0.15) is 0 Å². The van der Waals surface area contributed by atoms with Crippen molar-refractivity contribution in [2.45, 2.75) is 57.4 Å². The summed E-state index contributed by atoms with van der Waals surface area (Å²) in [5.41, 5.74) is 1.77. The minimum Gasteiger partial charge on any atom is -0.385 e. The van der Waals surface area contributed by atoms with Crippen LogP contribution in [0.15, 0.2) is 48.5 Å². The molecule has 0 saturated carbocycles. The quantitative estimate of drug-likeness (QED) is 0.246. The normalized spacial score (nSPS) is 15.2. The summed E-state index contributed by atoms with van der Waals surface area (Å²) in [6.07, 6.45) is 5.36. The lowest BCUT2D eigenvalue weighted by Crippen LogP contribution is -2.48. The van der Waals surface area contributed by atoms with Gasteiger partial charge in [-0.3, -0.25) is 9.59 Å². The predicted molar refractivity (Wildman–Crippen MR) is 160 cm³/mol. The molecule has 0 N–H and O–H groups in total. The zero-order valence-electron chi connectivity index (χ0n) is 23.6. The van der Waals surface area contributed by atoms with Crippen LogP contribution in [-0.4, -0.2) is 86.0 Å². The van der Waals surface area contributed by atoms with Crippen LogP contribution in [0.4, 0.5) is 0 Å². The van der Waals surface area contributed by atoms with Gasteiger partial charge in [-0.15, -0.1) is 0 Å². The Morgan fingerprint density at radius 3 is 2.41 bits per heavy atom. The van der Waals surface area contributed by atoms with Gasteiger partial charge in [-0.25, -0.2) is 0 Å². The molecule has 214 valence electrons. The Morgan fingerprint density at radius 2 is 1.77 bits per heavy atom. The predicted octanol–water partition coefficient (Wildman–Crippen LogP) is 6.37. The van der Waals surface area contributed by atoms with E-state index in [1.807, 2.05) is 62.5 Å². The first kappa shape index (κ1) is 31.4. The smallest absolute Gasteiger partial charge is 0.253 e. The number of likely N-dealkylation sites (N-methyl/N-ethyl adjacent to an activating group) is 1. The second-order valence-corrected chi connectivity index (χ2v) is 11.2. The zero-order valence-corrected chi connectivity index (χ0v) is 25.1. The maximum atomic E-state index is 13.1. The maximum Gasteiger partial charge on any atom is 0.253 e. The van der Waals surface area contributed by atoms with E-state index in [0.717, 1.165) is 70.5 Å². The van der Waals surface area contributed by atoms with E-state index in [0.29, 0.717) is 34.6 Å². The van der Waals surface area contributed by atoms with E-state index in [4.69, 9.17) is 27.9 Å². The average Bonchev–Trinajstić information content (AvgIpc) is 2.96. The highest BCUT2D eigenvalue weighted by molar-refractivity contribution is 6.42. The van der Waals surface area contributed by atoms with E-state index < -0.39 is 0 Å². The van der Waals surface area contributed by atoms with Crippen molar-refractivity contribution in [2.75, 3.05) is 53.5 Å². The molecule has 1 heterocycles. The van der Waals surface area contributed by atoms with Gasteiger partial charge in [0.25, 0.3) is 5.91 Å². The number of rotatable bonds is 14. The summed E-state index contributed by atoms with van der Waals surface area (Å²) < 4.78 is 5.17. The first-order valence-electron chi connectivity index (χ1n) is 14.1. The monoisotopic (exact) mass is 575 g/mol. The van der Waals surface area contributed by atoms with Gasteiger partial charge in [0.2, 0.25) is 5.91 Å². The van der Waals surface area contributed by atoms with Crippen molar-refractivity contribution in [3.63, 3.8) is 0 Å². The summed E-state index contributed by atoms with van der Waals surface area (Å²) in [7, 11) is 3.58. The molecule has 39 heavy (non-hydrogen) atoms. The number of amides is 2. The van der Waals surface area contributed by atoms with Crippen LogP contribution in [0.25, 0.3) is 0 Å². The minimum atomic E-state index is 0.00709. The molecule has 1 unspecified atom stereocenters. The second-order valence-electron chi connectivity index (χ2n) is 10.4. The third-order valence-corrected chi connectivity index (χ3v) is 8.43. The van der Waals surface area contributed by atoms with Crippen molar-refractivity contribution in [1.82, 2.24) is 14.7 Å². The van der Waals surface area contributed by atoms with Crippen LogP contribution in [0.2, 0.25) is 10.0 Å². The topological polar surface area (TPSA) is 53.1 Å². The summed E-state index contributed by atoms with van der Waals surface area (Å²) in [6, 6.07) is 15.5. The van der Waals surface area contributed by atoms with Crippen LogP contribution in [0, 0.1) is 0 Å². The molecule has 6 nitrogen and oxygen atoms in total. The number of carbonyl (C=O) groups excluding carboxylic acids is 2. The molecule has 2 aromatic carbocycles. The van der Waals surface area contributed by atoms with Crippen LogP contribution < -0.4 is 0 Å². The number of carbonyl (C=O) groups is 2. The van der Waals surface area contributed by atoms with Gasteiger partial charge in [0.15, 0.2) is 0 Å². The highest BCUT2D eigenvalue weighted by Gasteiger charge is 2.28. The fourth-order valence-corrected chi connectivity index (χ4v) is 5.69. The summed E-state index contributed by atoms with van der Waals surface area (Å²) >= 11 is 12.6. The number of methoxy groups -OCH3 is 1. The number of benzene rings is 2. The summed E-state index contributed by atoms with van der Waals surface area (Å²) in [4.78, 5) is 32.1. The van der Waals surface area contributed by atoms with Gasteiger partial charge in [-0.2, -0.15) is 0 Å². The molecule has 0 aliphatic carbocycles. The van der Waals surface area contributed by atoms with Crippen molar-refractivity contribution in [2.24, 2.45) is 0 Å². The van der Waals surface area contributed by atoms with Gasteiger partial charge in [0, 0.05) is 70.9 Å². The van der Waals surface area contributed by atoms with Gasteiger partial charge < -0.3 is 19.4 Å². The van der Waals surface area contributed by atoms with Crippen molar-refractivity contribution < 1.29 is 14.3 Å². The summed E-state index contributed by atoms with van der Waals surface area (Å²) in [6.45, 7) is 6.91. The largest absolute Gasteiger partial charge is 0.385 e. The molecule has 2 aromatic rings. The molecule has 2 amide bonds. The standard InChI is InChI=1S/C31H43Cl2N3O3/c1-4-30(37)36(17-8-9-21-39-3)27-15-19-35(20-16-27)18-14-26(25-12-13-28(32)29(33)22-25)23-34(2)31(38)24-10-6-5-7-11-24/h5-7,10-13,22,26-27H,4,8-9,14-21,23H2,1-3H3. The van der Waals surface area contributed by atoms with Gasteiger partial charge >= 0.3 is 0 Å². The lowest BCUT2D eigenvalue weighted by Gasteiger charge is -2.39. The van der Waals surface area contributed by atoms with E-state index in [2.05, 4.69) is 9.80 Å². The van der Waals surface area contributed by atoms with Gasteiger partial charge in [-0.05, 0) is 68.5 Å². The summed E-state index contributed by atoms with van der Waals surface area (Å²) in [5, 5.41) is 1.06. The SMILES string of the molecule is CCC(=O)N(CCCCOC)C1CCN(CCC(CN(C)C(=O)c2ccccc2)c2ccc(Cl)c(Cl)c2)CC1. The third kappa shape index (κ3) is 9.49. The Kier molecular flexibility index (Phi) is 13.1. The highest BCUT2D eigenvalue weighted by atomic mass is 35.5. The van der Waals surface area contributed by atoms with E-state index in [-0.39, 0.29) is 17.7 Å². The Bertz CT molecular complexity index is 1040. The van der Waals surface area contributed by atoms with E-state index >= 15 is 0 Å². The molecule has 0 bridgehead atoms. The Balaban J connectivity index is 1.61. The van der Waals surface area contributed by atoms with Gasteiger partial charge in [-0.1, -0.05) is 54.4 Å². The fourth-order valence-electron chi connectivity index (χ4n) is 5.38. The molecule has 3 rings (SSSR count). The number of likely N-dealkylation sites (tertiary alicyclic amines) is 1. The lowest BCUT2D eigenvalue weighted by molar-refractivity contribution is -0.134. The number of unbranched alkanes of at least 4 members (excludes halogenated alkanes) is 1. The number of nitrogens with zero attached hydrogens (tertiary/aromatic N) is 3. The summed E-state index contributed by atoms with van der Waals surface area (Å²) in [5.74, 6) is 0.374. The number of hydrogen-bond donors (Lipinski definition) is 0. The fraction of sp³-hybridized carbons (Fsp3) is 0.548. The van der Waals surface area contributed by atoms with Crippen molar-refractivity contribution in [3.8, 4) is 0 Å². The van der Waals surface area contributed by atoms with Crippen LogP contribution in [-0.2, 0) is 9.53 Å². The van der Waals surface area contributed by atoms with E-state index in [1.165, 1.54) is 0 Å². The van der Waals surface area contributed by atoms with E-state index in [1.54, 1.807) is 12.0 Å². The first-order valence-corrected chi connectivity index (χ1v) is 14.9. The molecule has 1 aliphatic heterocycles. The molecule has 8 heteroatoms. The second kappa shape index (κ2) is 16.2. The molecule has 1 atom stereocenters. The minimum absolute atomic E-state index is 0.00709. The molecule has 1 aliphatic rings. The highest BCUT2D eigenvalue weighted by Crippen LogP contribution is 2.30. The zero-order chi connectivity index (χ0) is 28.2. The Hall–Kier alpha value is -2.12. The molecule has 1 fully saturated rings. The molecule has 1 saturated heterocycles. The molecule has 0 spiro atoms. The maximum absolute atomic E-state index is 13.1. The molecular formula is C31H43Cl2N3O3. The van der Waals surface area contributed by atoms with Gasteiger partial charge in [0.05, 0.1) is 10.0 Å². The van der Waals surface area contributed by atoms with Crippen LogP contribution in [0.3, 0.4) is 0 Å². The van der Waals surface area contributed by atoms with Crippen molar-refractivity contribution in [3.05, 3.63) is 69.7 Å². The molecule has 0 aromatic heterocycles. The van der Waals surface area contributed by atoms with E-state index in [9.17, 15) is 9.59 Å². The number of hydrogen-bond acceptors (Lipinski definition) is 4. The molecule has 0 radical (unpaired) electrons. The Labute approximate surface area is 244 Å².